The van der Waals surface area contributed by atoms with Gasteiger partial charge in [-0.3, -0.25) is 14.8 Å². The number of piperidine rings is 2. The van der Waals surface area contributed by atoms with Gasteiger partial charge >= 0.3 is 6.36 Å². The number of pyridine rings is 1. The molecule has 3 fully saturated rings. The second kappa shape index (κ2) is 27.9. The molecule has 0 aliphatic carbocycles. The number of alkyl halides is 3. The van der Waals surface area contributed by atoms with E-state index in [1.165, 1.54) is 166 Å². The third kappa shape index (κ3) is 17.1. The number of aromatic nitrogens is 1. The molecule has 3 saturated heterocycles. The lowest BCUT2D eigenvalue weighted by Gasteiger charge is -2.46. The molecule has 1 aromatic heterocycles. The molecule has 0 saturated carbocycles. The van der Waals surface area contributed by atoms with Crippen LogP contribution in [0.5, 0.6) is 11.5 Å². The summed E-state index contributed by atoms with van der Waals surface area (Å²) < 4.78 is 79.6. The average molecular weight is 956 g/mol. The molecule has 6 rings (SSSR count). The highest BCUT2D eigenvalue weighted by atomic mass is 32.2. The Morgan fingerprint density at radius 2 is 1.06 bits per heavy atom. The minimum Gasteiger partial charge on any atom is -0.494 e. The number of sulfone groups is 1. The highest BCUT2D eigenvalue weighted by Gasteiger charge is 2.35. The molecule has 0 unspecified atom stereocenters. The SMILES string of the molecule is CCCCCCCCCCCCCCCCCCCCCCOc1ccc(S(=O)(=O)c2cnc3ccc(OC(F)(F)F)cc3c2N2CCC(N3CCN(C4CCN(CC)CC4)CC3)CC2)cc1. The van der Waals surface area contributed by atoms with Crippen LogP contribution in [0.2, 0.25) is 0 Å². The van der Waals surface area contributed by atoms with Gasteiger partial charge in [-0.15, -0.1) is 13.2 Å². The third-order valence-electron chi connectivity index (χ3n) is 14.9. The van der Waals surface area contributed by atoms with Crippen LogP contribution in [0.1, 0.15) is 168 Å². The van der Waals surface area contributed by atoms with Crippen molar-refractivity contribution >= 4 is 26.4 Å². The molecule has 0 amide bonds. The zero-order valence-corrected chi connectivity index (χ0v) is 42.0. The predicted octanol–water partition coefficient (Wildman–Crippen LogP) is 13.2. The smallest absolute Gasteiger partial charge is 0.494 e. The van der Waals surface area contributed by atoms with Crippen LogP contribution >= 0.6 is 0 Å². The van der Waals surface area contributed by atoms with Crippen molar-refractivity contribution in [2.75, 3.05) is 70.4 Å². The van der Waals surface area contributed by atoms with E-state index in [-0.39, 0.29) is 9.79 Å². The van der Waals surface area contributed by atoms with Gasteiger partial charge in [-0.2, -0.15) is 0 Å². The maximum absolute atomic E-state index is 14.5. The molecule has 3 aliphatic heterocycles. The molecule has 3 aliphatic rings. The largest absolute Gasteiger partial charge is 0.573 e. The molecule has 13 heteroatoms. The van der Waals surface area contributed by atoms with Gasteiger partial charge in [0.05, 0.1) is 22.7 Å². The molecule has 67 heavy (non-hydrogen) atoms. The van der Waals surface area contributed by atoms with Crippen LogP contribution in [0.4, 0.5) is 18.9 Å². The fourth-order valence-electron chi connectivity index (χ4n) is 10.8. The summed E-state index contributed by atoms with van der Waals surface area (Å²) in [7, 11) is -4.13. The molecule has 0 atom stereocenters. The first-order chi connectivity index (χ1) is 32.6. The van der Waals surface area contributed by atoms with Gasteiger partial charge in [-0.05, 0) is 94.2 Å². The van der Waals surface area contributed by atoms with Crippen molar-refractivity contribution in [3.63, 3.8) is 0 Å². The number of unbranched alkanes of at least 4 members (excludes halogenated alkanes) is 19. The molecular weight excluding hydrogens is 872 g/mol. The molecule has 0 N–H and O–H groups in total. The summed E-state index contributed by atoms with van der Waals surface area (Å²) in [5.74, 6) is 0.194. The summed E-state index contributed by atoms with van der Waals surface area (Å²) >= 11 is 0. The Bertz CT molecular complexity index is 1960. The Labute approximate surface area is 402 Å². The highest BCUT2D eigenvalue weighted by Crippen LogP contribution is 2.40. The minimum atomic E-state index is -4.89. The van der Waals surface area contributed by atoms with E-state index < -0.39 is 21.9 Å². The van der Waals surface area contributed by atoms with Gasteiger partial charge in [0.25, 0.3) is 0 Å². The molecule has 4 heterocycles. The zero-order valence-electron chi connectivity index (χ0n) is 41.2. The monoisotopic (exact) mass is 956 g/mol. The summed E-state index contributed by atoms with van der Waals surface area (Å²) in [5.41, 5.74) is 0.777. The number of likely N-dealkylation sites (tertiary alicyclic amines) is 1. The van der Waals surface area contributed by atoms with Gasteiger partial charge in [-0.1, -0.05) is 136 Å². The maximum atomic E-state index is 14.5. The minimum absolute atomic E-state index is 0.0247. The van der Waals surface area contributed by atoms with Gasteiger partial charge < -0.3 is 19.3 Å². The molecule has 0 spiro atoms. The van der Waals surface area contributed by atoms with E-state index in [2.05, 4.69) is 38.3 Å². The van der Waals surface area contributed by atoms with Crippen molar-refractivity contribution in [1.82, 2.24) is 19.7 Å². The first kappa shape index (κ1) is 53.2. The topological polar surface area (TPSA) is 78.4 Å². The quantitative estimate of drug-likeness (QED) is 0.0632. The van der Waals surface area contributed by atoms with Crippen molar-refractivity contribution in [3.05, 3.63) is 48.7 Å². The fraction of sp³-hybridized carbons (Fsp3) is 0.722. The van der Waals surface area contributed by atoms with Crippen LogP contribution in [-0.2, 0) is 9.84 Å². The molecular formula is C54H84F3N5O4S. The predicted molar refractivity (Wildman–Crippen MR) is 267 cm³/mol. The Morgan fingerprint density at radius 3 is 1.54 bits per heavy atom. The van der Waals surface area contributed by atoms with Crippen molar-refractivity contribution in [1.29, 1.82) is 0 Å². The number of hydrogen-bond donors (Lipinski definition) is 0. The van der Waals surface area contributed by atoms with Crippen LogP contribution in [-0.4, -0.2) is 112 Å². The zero-order chi connectivity index (χ0) is 47.3. The van der Waals surface area contributed by atoms with Crippen LogP contribution in [0, 0.1) is 0 Å². The normalized spacial score (nSPS) is 17.7. The highest BCUT2D eigenvalue weighted by molar-refractivity contribution is 7.91. The lowest BCUT2D eigenvalue weighted by Crippen LogP contribution is -2.56. The number of ether oxygens (including phenoxy) is 2. The molecule has 9 nitrogen and oxygen atoms in total. The summed E-state index contributed by atoms with van der Waals surface area (Å²) in [4.78, 5) is 14.3. The van der Waals surface area contributed by atoms with E-state index in [1.807, 2.05) is 4.90 Å². The van der Waals surface area contributed by atoms with E-state index in [9.17, 15) is 21.6 Å². The van der Waals surface area contributed by atoms with Crippen LogP contribution in [0.3, 0.4) is 0 Å². The number of nitrogens with zero attached hydrogens (tertiary/aromatic N) is 5. The second-order valence-corrected chi connectivity index (χ2v) is 21.6. The summed E-state index contributed by atoms with van der Waals surface area (Å²) in [6.45, 7) is 13.8. The molecule has 3 aromatic rings. The van der Waals surface area contributed by atoms with E-state index in [1.54, 1.807) is 24.3 Å². The summed E-state index contributed by atoms with van der Waals surface area (Å²) in [6, 6.07) is 11.4. The average Bonchev–Trinajstić information content (AvgIpc) is 3.34. The molecule has 2 aromatic carbocycles. The van der Waals surface area contributed by atoms with Crippen molar-refractivity contribution in [2.45, 2.75) is 196 Å². The van der Waals surface area contributed by atoms with Gasteiger partial charge in [0, 0.05) is 62.9 Å². The number of hydrogen-bond acceptors (Lipinski definition) is 9. The van der Waals surface area contributed by atoms with Gasteiger partial charge in [0.15, 0.2) is 0 Å². The van der Waals surface area contributed by atoms with Crippen molar-refractivity contribution in [3.8, 4) is 11.5 Å². The van der Waals surface area contributed by atoms with Crippen LogP contribution in [0.15, 0.2) is 58.5 Å². The number of anilines is 1. The van der Waals surface area contributed by atoms with Crippen LogP contribution < -0.4 is 14.4 Å². The lowest BCUT2D eigenvalue weighted by atomic mass is 9.99. The Hall–Kier alpha value is -3.13. The number of fused-ring (bicyclic) bond motifs is 1. The standard InChI is InChI=1S/C54H84F3N5O4S/c1-3-5-6-7-8-9-10-11-12-13-14-15-16-17-18-19-20-21-22-23-42-65-47-24-27-49(28-25-47)67(63,64)52-44-58-51-29-26-48(66-54(55,56)57)43-50(51)53(52)62-36-32-46(33-37-62)61-40-38-60(39-41-61)45-30-34-59(4-2)35-31-45/h24-29,43-46H,3-23,30-42H2,1-2H3. The Kier molecular flexibility index (Phi) is 22.2. The summed E-state index contributed by atoms with van der Waals surface area (Å²) in [6.07, 6.45) is 27.2. The van der Waals surface area contributed by atoms with Crippen LogP contribution in [0.25, 0.3) is 10.9 Å². The van der Waals surface area contributed by atoms with Gasteiger partial charge in [0.2, 0.25) is 9.84 Å². The summed E-state index contributed by atoms with van der Waals surface area (Å²) in [5, 5.41) is 0.318. The van der Waals surface area contributed by atoms with E-state index in [0.29, 0.717) is 54.1 Å². The first-order valence-electron chi connectivity index (χ1n) is 26.7. The number of rotatable bonds is 29. The van der Waals surface area contributed by atoms with E-state index in [0.717, 1.165) is 58.4 Å². The van der Waals surface area contributed by atoms with E-state index >= 15 is 0 Å². The van der Waals surface area contributed by atoms with E-state index in [4.69, 9.17) is 4.74 Å². The number of piperazine rings is 1. The molecule has 0 bridgehead atoms. The fourth-order valence-corrected chi connectivity index (χ4v) is 12.2. The van der Waals surface area contributed by atoms with Crippen molar-refractivity contribution in [2.24, 2.45) is 0 Å². The maximum Gasteiger partial charge on any atom is 0.573 e. The molecule has 0 radical (unpaired) electrons. The number of halogens is 3. The van der Waals surface area contributed by atoms with Crippen molar-refractivity contribution < 1.29 is 31.1 Å². The van der Waals surface area contributed by atoms with Gasteiger partial charge in [-0.25, -0.2) is 8.42 Å². The Balaban J connectivity index is 0.942. The third-order valence-corrected chi connectivity index (χ3v) is 16.6. The first-order valence-corrected chi connectivity index (χ1v) is 28.2. The second-order valence-electron chi connectivity index (χ2n) is 19.7. The molecule has 376 valence electrons. The lowest BCUT2D eigenvalue weighted by molar-refractivity contribution is -0.274. The number of benzene rings is 2. The van der Waals surface area contributed by atoms with Gasteiger partial charge in [0.1, 0.15) is 16.4 Å². The Morgan fingerprint density at radius 1 is 0.597 bits per heavy atom.